The number of allylic oxidation sites excluding steroid dienone is 13. The van der Waals surface area contributed by atoms with Crippen molar-refractivity contribution in [2.24, 2.45) is 5.92 Å². The molecule has 1 aromatic heterocycles. The Labute approximate surface area is 251 Å². The van der Waals surface area contributed by atoms with Gasteiger partial charge < -0.3 is 4.90 Å². The van der Waals surface area contributed by atoms with E-state index in [1.165, 1.54) is 43.4 Å². The van der Waals surface area contributed by atoms with E-state index in [2.05, 4.69) is 114 Å². The van der Waals surface area contributed by atoms with Crippen LogP contribution in [-0.2, 0) is 0 Å². The lowest BCUT2D eigenvalue weighted by atomic mass is 9.81. The number of hydrogen-bond acceptors (Lipinski definition) is 4. The summed E-state index contributed by atoms with van der Waals surface area (Å²) in [5.41, 5.74) is 10.4. The molecule has 0 saturated heterocycles. The van der Waals surface area contributed by atoms with E-state index in [1.807, 2.05) is 11.8 Å². The highest BCUT2D eigenvalue weighted by molar-refractivity contribution is 8.03. The highest BCUT2D eigenvalue weighted by Crippen LogP contribution is 2.55. The fraction of sp³-hybridized carbons (Fsp3) is 0.211. The summed E-state index contributed by atoms with van der Waals surface area (Å²) in [6, 6.07) is 17.6. The Kier molecular flexibility index (Phi) is 5.65. The molecule has 2 aliphatic heterocycles. The van der Waals surface area contributed by atoms with Crippen molar-refractivity contribution in [1.29, 1.82) is 0 Å². The topological polar surface area (TPSA) is 29.0 Å². The number of aromatic nitrogens is 2. The molecular formula is C38H31N3S. The van der Waals surface area contributed by atoms with Gasteiger partial charge in [-0.25, -0.2) is 9.97 Å². The predicted molar refractivity (Wildman–Crippen MR) is 174 cm³/mol. The van der Waals surface area contributed by atoms with Gasteiger partial charge in [0.05, 0.1) is 17.3 Å². The number of hydrogen-bond donors (Lipinski definition) is 0. The summed E-state index contributed by atoms with van der Waals surface area (Å²) in [7, 11) is 0. The van der Waals surface area contributed by atoms with E-state index in [0.29, 0.717) is 5.92 Å². The van der Waals surface area contributed by atoms with Crippen molar-refractivity contribution in [3.8, 4) is 0 Å². The maximum atomic E-state index is 5.34. The van der Waals surface area contributed by atoms with Gasteiger partial charge in [-0.15, -0.1) is 0 Å². The van der Waals surface area contributed by atoms with E-state index in [0.717, 1.165) is 54.6 Å². The number of anilines is 1. The van der Waals surface area contributed by atoms with E-state index in [4.69, 9.17) is 9.97 Å². The van der Waals surface area contributed by atoms with E-state index < -0.39 is 0 Å². The Morgan fingerprint density at radius 1 is 0.857 bits per heavy atom. The van der Waals surface area contributed by atoms with Crippen LogP contribution >= 0.6 is 11.8 Å². The Morgan fingerprint density at radius 2 is 1.76 bits per heavy atom. The minimum absolute atomic E-state index is 0.179. The number of fused-ring (bicyclic) bond motifs is 6. The maximum absolute atomic E-state index is 5.34. The molecule has 0 bridgehead atoms. The lowest BCUT2D eigenvalue weighted by Crippen LogP contribution is -2.35. The van der Waals surface area contributed by atoms with Gasteiger partial charge in [0.25, 0.3) is 0 Å². The van der Waals surface area contributed by atoms with Crippen LogP contribution in [0.2, 0.25) is 0 Å². The Balaban J connectivity index is 1.15. The van der Waals surface area contributed by atoms with Crippen molar-refractivity contribution in [2.45, 2.75) is 49.0 Å². The van der Waals surface area contributed by atoms with Crippen molar-refractivity contribution < 1.29 is 0 Å². The molecular weight excluding hydrogens is 531 g/mol. The molecule has 204 valence electrons. The molecule has 3 unspecified atom stereocenters. The lowest BCUT2D eigenvalue weighted by molar-refractivity contribution is 0.665. The van der Waals surface area contributed by atoms with Crippen LogP contribution < -0.4 is 4.90 Å². The fourth-order valence-electron chi connectivity index (χ4n) is 7.57. The van der Waals surface area contributed by atoms with Crippen molar-refractivity contribution in [2.75, 3.05) is 4.90 Å². The summed E-state index contributed by atoms with van der Waals surface area (Å²) in [6.07, 6.45) is 28.7. The standard InChI is InChI=1S/C38H31N3S/c1-2-11-24(12-3-1)36-30-15-4-7-18-32(30)39-38(40-36)41-33-19-8-5-13-27(33)31-23-25(21-22-34(31)41)26-16-10-17-29-28-14-6-9-20-35(28)42-37(26)29/h1-2,4-7,9-11,13-16,18,20-23,29,31,34H,3,8,12,17,19H2. The van der Waals surface area contributed by atoms with Crippen molar-refractivity contribution in [3.05, 3.63) is 148 Å². The van der Waals surface area contributed by atoms with E-state index in [1.54, 1.807) is 0 Å². The number of benzene rings is 2. The molecule has 0 radical (unpaired) electrons. The molecule has 3 atom stereocenters. The zero-order valence-electron chi connectivity index (χ0n) is 23.4. The van der Waals surface area contributed by atoms with E-state index >= 15 is 0 Å². The van der Waals surface area contributed by atoms with Crippen LogP contribution in [0, 0.1) is 5.92 Å². The molecule has 9 rings (SSSR count). The summed E-state index contributed by atoms with van der Waals surface area (Å²) in [6.45, 7) is 0. The number of nitrogens with zero attached hydrogens (tertiary/aromatic N) is 3. The van der Waals surface area contributed by atoms with Gasteiger partial charge in [0.1, 0.15) is 0 Å². The first-order chi connectivity index (χ1) is 20.8. The summed E-state index contributed by atoms with van der Waals surface area (Å²) in [5.74, 6) is 1.59. The minimum Gasteiger partial charge on any atom is -0.306 e. The molecule has 4 heteroatoms. The van der Waals surface area contributed by atoms with E-state index in [-0.39, 0.29) is 12.0 Å². The van der Waals surface area contributed by atoms with Gasteiger partial charge >= 0.3 is 0 Å². The Morgan fingerprint density at radius 3 is 2.71 bits per heavy atom. The normalized spacial score (nSPS) is 25.4. The third-order valence-corrected chi connectivity index (χ3v) is 10.8. The van der Waals surface area contributed by atoms with Crippen LogP contribution in [0.1, 0.15) is 49.3 Å². The molecule has 0 amide bonds. The van der Waals surface area contributed by atoms with Crippen LogP contribution in [-0.4, -0.2) is 16.0 Å². The smallest absolute Gasteiger partial charge is 0.231 e. The van der Waals surface area contributed by atoms with Gasteiger partial charge in [-0.05, 0) is 72.1 Å². The molecule has 3 aromatic rings. The molecule has 6 aliphatic rings. The average Bonchev–Trinajstić information content (AvgIpc) is 3.60. The zero-order chi connectivity index (χ0) is 27.6. The van der Waals surface area contributed by atoms with Crippen molar-refractivity contribution in [3.63, 3.8) is 0 Å². The largest absolute Gasteiger partial charge is 0.306 e. The maximum Gasteiger partial charge on any atom is 0.231 e. The summed E-state index contributed by atoms with van der Waals surface area (Å²) < 4.78 is 0. The quantitative estimate of drug-likeness (QED) is 0.319. The van der Waals surface area contributed by atoms with Crippen molar-refractivity contribution in [1.82, 2.24) is 9.97 Å². The monoisotopic (exact) mass is 561 g/mol. The molecule has 0 saturated carbocycles. The second-order valence-electron chi connectivity index (χ2n) is 11.9. The SMILES string of the molecule is C1=CCCC(c2nc(N3C4=C(C=CCC4)C4C=C(C5=C6Sc7ccccc7C6CC=C5)C=CC43)nc3ccccc23)=C1. The van der Waals surface area contributed by atoms with Crippen molar-refractivity contribution >= 4 is 34.2 Å². The Bertz CT molecular complexity index is 1910. The molecule has 0 spiro atoms. The van der Waals surface area contributed by atoms with Gasteiger partial charge in [0.2, 0.25) is 5.95 Å². The van der Waals surface area contributed by atoms with Gasteiger partial charge in [-0.1, -0.05) is 109 Å². The fourth-order valence-corrected chi connectivity index (χ4v) is 8.94. The highest BCUT2D eigenvalue weighted by atomic mass is 32.2. The first-order valence-electron chi connectivity index (χ1n) is 15.2. The second-order valence-corrected chi connectivity index (χ2v) is 13.0. The highest BCUT2D eigenvalue weighted by Gasteiger charge is 2.42. The first-order valence-corrected chi connectivity index (χ1v) is 16.0. The predicted octanol–water partition coefficient (Wildman–Crippen LogP) is 9.37. The average molecular weight is 562 g/mol. The molecule has 3 nitrogen and oxygen atoms in total. The van der Waals surface area contributed by atoms with Crippen LogP contribution in [0.15, 0.2) is 142 Å². The second kappa shape index (κ2) is 9.71. The lowest BCUT2D eigenvalue weighted by Gasteiger charge is -2.31. The number of thioether (sulfide) groups is 1. The zero-order valence-corrected chi connectivity index (χ0v) is 24.2. The third-order valence-electron chi connectivity index (χ3n) is 9.52. The van der Waals surface area contributed by atoms with Crippen LogP contribution in [0.25, 0.3) is 16.5 Å². The molecule has 0 fully saturated rings. The van der Waals surface area contributed by atoms with Gasteiger partial charge in [0, 0.05) is 32.7 Å². The van der Waals surface area contributed by atoms with Crippen LogP contribution in [0.3, 0.4) is 0 Å². The van der Waals surface area contributed by atoms with Crippen LogP contribution in [0.5, 0.6) is 0 Å². The first kappa shape index (κ1) is 24.4. The summed E-state index contributed by atoms with van der Waals surface area (Å²) in [5, 5.41) is 1.14. The Hall–Kier alpha value is -4.15. The number of rotatable bonds is 3. The van der Waals surface area contributed by atoms with Gasteiger partial charge in [-0.2, -0.15) is 0 Å². The molecule has 2 aromatic carbocycles. The summed E-state index contributed by atoms with van der Waals surface area (Å²) >= 11 is 1.97. The van der Waals surface area contributed by atoms with Gasteiger partial charge in [-0.3, -0.25) is 0 Å². The third kappa shape index (κ3) is 3.74. The minimum atomic E-state index is 0.179. The summed E-state index contributed by atoms with van der Waals surface area (Å²) in [4.78, 5) is 15.9. The molecule has 42 heavy (non-hydrogen) atoms. The molecule has 4 aliphatic carbocycles. The number of para-hydroxylation sites is 1. The van der Waals surface area contributed by atoms with Gasteiger partial charge in [0.15, 0.2) is 0 Å². The van der Waals surface area contributed by atoms with Crippen LogP contribution in [0.4, 0.5) is 5.95 Å². The molecule has 0 N–H and O–H groups in total. The molecule has 3 heterocycles. The van der Waals surface area contributed by atoms with E-state index in [9.17, 15) is 0 Å².